The molecule has 0 heterocycles. The monoisotopic (exact) mass is 200 g/mol. The van der Waals surface area contributed by atoms with Gasteiger partial charge in [-0.1, -0.05) is 18.2 Å². The summed E-state index contributed by atoms with van der Waals surface area (Å²) in [4.78, 5) is 0. The highest BCUT2D eigenvalue weighted by Gasteiger charge is 1.97. The SMILES string of the molecule is C=C(Cl)CNc1cc(N)cc(F)c1. The van der Waals surface area contributed by atoms with Gasteiger partial charge in [0.05, 0.1) is 6.54 Å². The van der Waals surface area contributed by atoms with Gasteiger partial charge in [-0.15, -0.1) is 0 Å². The van der Waals surface area contributed by atoms with Crippen molar-refractivity contribution in [3.05, 3.63) is 35.6 Å². The van der Waals surface area contributed by atoms with Gasteiger partial charge in [-0.05, 0) is 18.2 Å². The quantitative estimate of drug-likeness (QED) is 0.736. The van der Waals surface area contributed by atoms with Gasteiger partial charge in [0.15, 0.2) is 0 Å². The second kappa shape index (κ2) is 4.14. The lowest BCUT2D eigenvalue weighted by Crippen LogP contribution is -2.01. The molecule has 1 aromatic carbocycles. The Kier molecular flexibility index (Phi) is 3.14. The van der Waals surface area contributed by atoms with Crippen molar-refractivity contribution in [2.75, 3.05) is 17.6 Å². The summed E-state index contributed by atoms with van der Waals surface area (Å²) in [6.45, 7) is 3.89. The summed E-state index contributed by atoms with van der Waals surface area (Å²) in [6, 6.07) is 4.22. The molecule has 1 aromatic rings. The lowest BCUT2D eigenvalue weighted by atomic mass is 10.2. The van der Waals surface area contributed by atoms with E-state index in [1.165, 1.54) is 12.1 Å². The molecule has 0 atom stereocenters. The summed E-state index contributed by atoms with van der Waals surface area (Å²) in [5.74, 6) is -0.373. The fourth-order valence-electron chi connectivity index (χ4n) is 0.912. The molecule has 13 heavy (non-hydrogen) atoms. The van der Waals surface area contributed by atoms with E-state index in [-0.39, 0.29) is 5.82 Å². The van der Waals surface area contributed by atoms with Crippen LogP contribution >= 0.6 is 11.6 Å². The number of anilines is 2. The smallest absolute Gasteiger partial charge is 0.127 e. The molecule has 0 saturated heterocycles. The molecule has 0 unspecified atom stereocenters. The minimum atomic E-state index is -0.373. The number of hydrogen-bond acceptors (Lipinski definition) is 2. The fraction of sp³-hybridized carbons (Fsp3) is 0.111. The van der Waals surface area contributed by atoms with Crippen molar-refractivity contribution in [1.82, 2.24) is 0 Å². The Morgan fingerprint density at radius 2 is 2.23 bits per heavy atom. The Labute approximate surface area is 81.2 Å². The minimum Gasteiger partial charge on any atom is -0.399 e. The first-order valence-corrected chi connectivity index (χ1v) is 4.09. The molecule has 3 N–H and O–H groups in total. The zero-order chi connectivity index (χ0) is 9.84. The summed E-state index contributed by atoms with van der Waals surface area (Å²) < 4.78 is 12.8. The third-order valence-electron chi connectivity index (χ3n) is 1.40. The van der Waals surface area contributed by atoms with Crippen LogP contribution in [-0.2, 0) is 0 Å². The number of halogens is 2. The minimum absolute atomic E-state index is 0.373. The van der Waals surface area contributed by atoms with Crippen LogP contribution in [0.1, 0.15) is 0 Å². The van der Waals surface area contributed by atoms with Crippen molar-refractivity contribution in [1.29, 1.82) is 0 Å². The molecule has 2 nitrogen and oxygen atoms in total. The normalized spacial score (nSPS) is 9.69. The van der Waals surface area contributed by atoms with Crippen molar-refractivity contribution in [2.24, 2.45) is 0 Å². The summed E-state index contributed by atoms with van der Waals surface area (Å²) >= 11 is 5.53. The number of nitrogen functional groups attached to an aromatic ring is 1. The number of nitrogens with two attached hydrogens (primary N) is 1. The summed E-state index contributed by atoms with van der Waals surface area (Å²) in [5, 5.41) is 3.34. The van der Waals surface area contributed by atoms with E-state index < -0.39 is 0 Å². The van der Waals surface area contributed by atoms with Crippen LogP contribution in [0.2, 0.25) is 0 Å². The highest BCUT2D eigenvalue weighted by atomic mass is 35.5. The third-order valence-corrected chi connectivity index (χ3v) is 1.54. The topological polar surface area (TPSA) is 38.0 Å². The van der Waals surface area contributed by atoms with E-state index in [9.17, 15) is 4.39 Å². The highest BCUT2D eigenvalue weighted by Crippen LogP contribution is 2.15. The molecule has 0 amide bonds. The molecule has 4 heteroatoms. The second-order valence-corrected chi connectivity index (χ2v) is 3.18. The van der Waals surface area contributed by atoms with Crippen molar-refractivity contribution in [3.8, 4) is 0 Å². The van der Waals surface area contributed by atoms with Crippen LogP contribution in [0.3, 0.4) is 0 Å². The molecule has 0 aliphatic carbocycles. The molecule has 0 aliphatic rings. The second-order valence-electron chi connectivity index (χ2n) is 2.64. The third kappa shape index (κ3) is 3.34. The van der Waals surface area contributed by atoms with Crippen molar-refractivity contribution in [2.45, 2.75) is 0 Å². The van der Waals surface area contributed by atoms with Crippen LogP contribution in [0.4, 0.5) is 15.8 Å². The van der Waals surface area contributed by atoms with Crippen LogP contribution < -0.4 is 11.1 Å². The summed E-state index contributed by atoms with van der Waals surface area (Å²) in [7, 11) is 0. The van der Waals surface area contributed by atoms with E-state index >= 15 is 0 Å². The summed E-state index contributed by atoms with van der Waals surface area (Å²) in [6.07, 6.45) is 0. The molecule has 0 bridgehead atoms. The molecule has 0 fully saturated rings. The van der Waals surface area contributed by atoms with Crippen LogP contribution in [-0.4, -0.2) is 6.54 Å². The number of benzene rings is 1. The Hall–Kier alpha value is -1.22. The molecule has 0 spiro atoms. The predicted molar refractivity (Wildman–Crippen MR) is 54.3 cm³/mol. The first kappa shape index (κ1) is 9.86. The Morgan fingerprint density at radius 1 is 1.54 bits per heavy atom. The Morgan fingerprint density at radius 3 is 2.77 bits per heavy atom. The average molecular weight is 201 g/mol. The average Bonchev–Trinajstić information content (AvgIpc) is 1.99. The maximum Gasteiger partial charge on any atom is 0.127 e. The molecule has 1 rings (SSSR count). The Balaban J connectivity index is 2.71. The molecule has 70 valence electrons. The van der Waals surface area contributed by atoms with E-state index in [0.29, 0.717) is 23.0 Å². The van der Waals surface area contributed by atoms with Gasteiger partial charge < -0.3 is 11.1 Å². The zero-order valence-electron chi connectivity index (χ0n) is 6.98. The Bertz CT molecular complexity index is 305. The molecular formula is C9H10ClFN2. The van der Waals surface area contributed by atoms with E-state index in [1.54, 1.807) is 6.07 Å². The van der Waals surface area contributed by atoms with Crippen LogP contribution in [0.25, 0.3) is 0 Å². The van der Waals surface area contributed by atoms with E-state index in [0.717, 1.165) is 0 Å². The van der Waals surface area contributed by atoms with Crippen LogP contribution in [0.15, 0.2) is 29.8 Å². The lowest BCUT2D eigenvalue weighted by Gasteiger charge is -2.05. The van der Waals surface area contributed by atoms with E-state index in [4.69, 9.17) is 17.3 Å². The number of rotatable bonds is 3. The highest BCUT2D eigenvalue weighted by molar-refractivity contribution is 6.29. The number of nitrogens with one attached hydrogen (secondary N) is 1. The van der Waals surface area contributed by atoms with E-state index in [1.807, 2.05) is 0 Å². The van der Waals surface area contributed by atoms with Gasteiger partial charge in [0, 0.05) is 16.4 Å². The predicted octanol–water partition coefficient (Wildman–Crippen LogP) is 2.57. The molecule has 0 aromatic heterocycles. The number of hydrogen-bond donors (Lipinski definition) is 2. The molecular weight excluding hydrogens is 191 g/mol. The van der Waals surface area contributed by atoms with Crippen molar-refractivity contribution in [3.63, 3.8) is 0 Å². The maximum atomic E-state index is 12.8. The molecule has 0 radical (unpaired) electrons. The van der Waals surface area contributed by atoms with Crippen LogP contribution in [0.5, 0.6) is 0 Å². The fourth-order valence-corrected chi connectivity index (χ4v) is 0.979. The molecule has 0 aliphatic heterocycles. The van der Waals surface area contributed by atoms with Gasteiger partial charge in [-0.3, -0.25) is 0 Å². The summed E-state index contributed by atoms with van der Waals surface area (Å²) in [5.41, 5.74) is 6.40. The van der Waals surface area contributed by atoms with Crippen LogP contribution in [0, 0.1) is 5.82 Å². The van der Waals surface area contributed by atoms with Gasteiger partial charge in [0.2, 0.25) is 0 Å². The standard InChI is InChI=1S/C9H10ClFN2/c1-6(10)5-13-9-3-7(11)2-8(12)4-9/h2-4,13H,1,5,12H2. The van der Waals surface area contributed by atoms with Gasteiger partial charge in [-0.2, -0.15) is 0 Å². The zero-order valence-corrected chi connectivity index (χ0v) is 7.74. The van der Waals surface area contributed by atoms with Gasteiger partial charge in [-0.25, -0.2) is 4.39 Å². The van der Waals surface area contributed by atoms with Gasteiger partial charge in [0.1, 0.15) is 5.82 Å². The van der Waals surface area contributed by atoms with Crippen molar-refractivity contribution < 1.29 is 4.39 Å². The maximum absolute atomic E-state index is 12.8. The first-order chi connectivity index (χ1) is 6.08. The van der Waals surface area contributed by atoms with Crippen molar-refractivity contribution >= 4 is 23.0 Å². The molecule has 0 saturated carbocycles. The van der Waals surface area contributed by atoms with E-state index in [2.05, 4.69) is 11.9 Å². The lowest BCUT2D eigenvalue weighted by molar-refractivity contribution is 0.629. The first-order valence-electron chi connectivity index (χ1n) is 3.71. The van der Waals surface area contributed by atoms with Gasteiger partial charge >= 0.3 is 0 Å². The largest absolute Gasteiger partial charge is 0.399 e. The van der Waals surface area contributed by atoms with Gasteiger partial charge in [0.25, 0.3) is 0 Å².